The van der Waals surface area contributed by atoms with Crippen molar-refractivity contribution >= 4 is 35.6 Å². The first kappa shape index (κ1) is 21.7. The molecule has 2 aromatic carbocycles. The average Bonchev–Trinajstić information content (AvgIpc) is 2.60. The van der Waals surface area contributed by atoms with Crippen molar-refractivity contribution in [2.45, 2.75) is 26.8 Å². The smallest absolute Gasteiger partial charge is 0.258 e. The van der Waals surface area contributed by atoms with Gasteiger partial charge in [0.15, 0.2) is 0 Å². The Morgan fingerprint density at radius 2 is 1.65 bits per heavy atom. The summed E-state index contributed by atoms with van der Waals surface area (Å²) >= 11 is 0. The number of amides is 2. The zero-order valence-corrected chi connectivity index (χ0v) is 16.3. The fraction of sp³-hybridized carbons (Fsp3) is 0.300. The van der Waals surface area contributed by atoms with Gasteiger partial charge in [-0.1, -0.05) is 45.0 Å². The highest BCUT2D eigenvalue weighted by molar-refractivity contribution is 6.06. The predicted molar refractivity (Wildman–Crippen MR) is 109 cm³/mol. The van der Waals surface area contributed by atoms with Crippen LogP contribution in [0, 0.1) is 5.41 Å². The van der Waals surface area contributed by atoms with Gasteiger partial charge >= 0.3 is 0 Å². The van der Waals surface area contributed by atoms with Crippen LogP contribution in [-0.2, 0) is 4.79 Å². The average molecular weight is 376 g/mol. The van der Waals surface area contributed by atoms with Crippen LogP contribution in [0.5, 0.6) is 0 Å². The van der Waals surface area contributed by atoms with Gasteiger partial charge in [-0.25, -0.2) is 0 Å². The lowest BCUT2D eigenvalue weighted by atomic mass is 9.87. The highest BCUT2D eigenvalue weighted by Gasteiger charge is 2.27. The first-order chi connectivity index (χ1) is 11.7. The standard InChI is InChI=1S/C20H25N3O2.ClH/c1-20(2,3)17(21)18(24)22-15-10-8-9-14(13-15)19(25)23(4)16-11-6-5-7-12-16;/h5-13,17H,21H2,1-4H3,(H,22,24);1H/t17-;/m1./s1. The van der Waals surface area contributed by atoms with Crippen LogP contribution in [0.2, 0.25) is 0 Å². The molecule has 2 aromatic rings. The Hall–Kier alpha value is -2.37. The number of para-hydroxylation sites is 1. The second-order valence-corrected chi connectivity index (χ2v) is 7.11. The second-order valence-electron chi connectivity index (χ2n) is 7.11. The monoisotopic (exact) mass is 375 g/mol. The van der Waals surface area contributed by atoms with Gasteiger partial charge in [0.25, 0.3) is 5.91 Å². The maximum atomic E-state index is 12.7. The summed E-state index contributed by atoms with van der Waals surface area (Å²) in [6.07, 6.45) is 0. The van der Waals surface area contributed by atoms with E-state index in [2.05, 4.69) is 5.32 Å². The minimum absolute atomic E-state index is 0. The van der Waals surface area contributed by atoms with E-state index in [1.54, 1.807) is 36.2 Å². The highest BCUT2D eigenvalue weighted by atomic mass is 35.5. The molecule has 0 saturated heterocycles. The number of nitrogens with one attached hydrogen (secondary N) is 1. The van der Waals surface area contributed by atoms with E-state index in [0.29, 0.717) is 11.3 Å². The number of carbonyl (C=O) groups excluding carboxylic acids is 2. The molecule has 0 aliphatic rings. The molecule has 6 heteroatoms. The Balaban J connectivity index is 0.00000338. The summed E-state index contributed by atoms with van der Waals surface area (Å²) in [6, 6.07) is 15.6. The summed E-state index contributed by atoms with van der Waals surface area (Å²) < 4.78 is 0. The SMILES string of the molecule is CN(C(=O)c1cccc(NC(=O)[C@@H](N)C(C)(C)C)c1)c1ccccc1.Cl. The van der Waals surface area contributed by atoms with E-state index >= 15 is 0 Å². The molecule has 26 heavy (non-hydrogen) atoms. The fourth-order valence-corrected chi connectivity index (χ4v) is 2.31. The number of hydrogen-bond donors (Lipinski definition) is 2. The van der Waals surface area contributed by atoms with Gasteiger partial charge in [0.1, 0.15) is 0 Å². The van der Waals surface area contributed by atoms with E-state index in [4.69, 9.17) is 5.73 Å². The van der Waals surface area contributed by atoms with Gasteiger partial charge in [-0.3, -0.25) is 9.59 Å². The molecule has 0 fully saturated rings. The summed E-state index contributed by atoms with van der Waals surface area (Å²) in [7, 11) is 1.72. The zero-order valence-electron chi connectivity index (χ0n) is 15.5. The number of halogens is 1. The third kappa shape index (κ3) is 5.31. The number of nitrogens with zero attached hydrogens (tertiary/aromatic N) is 1. The summed E-state index contributed by atoms with van der Waals surface area (Å²) in [5.41, 5.74) is 7.48. The molecule has 0 aliphatic heterocycles. The van der Waals surface area contributed by atoms with Gasteiger partial charge in [0, 0.05) is 24.0 Å². The minimum atomic E-state index is -0.640. The van der Waals surface area contributed by atoms with Gasteiger partial charge in [-0.2, -0.15) is 0 Å². The van der Waals surface area contributed by atoms with Gasteiger partial charge in [0.2, 0.25) is 5.91 Å². The lowest BCUT2D eigenvalue weighted by molar-refractivity contribution is -0.119. The number of rotatable bonds is 4. The van der Waals surface area contributed by atoms with Gasteiger partial charge < -0.3 is 16.0 Å². The summed E-state index contributed by atoms with van der Waals surface area (Å²) in [5, 5.41) is 2.79. The molecule has 5 nitrogen and oxygen atoms in total. The Bertz CT molecular complexity index is 757. The molecule has 0 aliphatic carbocycles. The van der Waals surface area contributed by atoms with E-state index in [-0.39, 0.29) is 29.6 Å². The molecule has 3 N–H and O–H groups in total. The van der Waals surface area contributed by atoms with E-state index in [1.165, 1.54) is 0 Å². The van der Waals surface area contributed by atoms with E-state index in [1.807, 2.05) is 51.1 Å². The molecular weight excluding hydrogens is 350 g/mol. The third-order valence-electron chi connectivity index (χ3n) is 4.04. The maximum absolute atomic E-state index is 12.7. The fourth-order valence-electron chi connectivity index (χ4n) is 2.31. The van der Waals surface area contributed by atoms with Crippen molar-refractivity contribution in [2.75, 3.05) is 17.3 Å². The van der Waals surface area contributed by atoms with Gasteiger partial charge in [-0.15, -0.1) is 12.4 Å². The lowest BCUT2D eigenvalue weighted by Crippen LogP contribution is -2.45. The number of carbonyl (C=O) groups is 2. The first-order valence-corrected chi connectivity index (χ1v) is 8.20. The Morgan fingerprint density at radius 1 is 1.04 bits per heavy atom. The van der Waals surface area contributed by atoms with Crippen molar-refractivity contribution in [3.63, 3.8) is 0 Å². The first-order valence-electron chi connectivity index (χ1n) is 8.20. The highest BCUT2D eigenvalue weighted by Crippen LogP contribution is 2.20. The number of nitrogens with two attached hydrogens (primary N) is 1. The van der Waals surface area contributed by atoms with Crippen LogP contribution in [0.4, 0.5) is 11.4 Å². The van der Waals surface area contributed by atoms with Crippen molar-refractivity contribution in [3.05, 3.63) is 60.2 Å². The zero-order chi connectivity index (χ0) is 18.6. The van der Waals surface area contributed by atoms with Gasteiger partial charge in [-0.05, 0) is 35.7 Å². The van der Waals surface area contributed by atoms with Crippen LogP contribution in [0.1, 0.15) is 31.1 Å². The topological polar surface area (TPSA) is 75.4 Å². The maximum Gasteiger partial charge on any atom is 0.258 e. The Kier molecular flexibility index (Phi) is 7.36. The van der Waals surface area contributed by atoms with Crippen molar-refractivity contribution in [2.24, 2.45) is 11.1 Å². The summed E-state index contributed by atoms with van der Waals surface area (Å²) in [6.45, 7) is 5.73. The van der Waals surface area contributed by atoms with Gasteiger partial charge in [0.05, 0.1) is 6.04 Å². The van der Waals surface area contributed by atoms with Crippen LogP contribution >= 0.6 is 12.4 Å². The normalized spacial score (nSPS) is 11.9. The van der Waals surface area contributed by atoms with E-state index < -0.39 is 6.04 Å². The van der Waals surface area contributed by atoms with Crippen molar-refractivity contribution in [1.29, 1.82) is 0 Å². The van der Waals surface area contributed by atoms with Crippen molar-refractivity contribution in [3.8, 4) is 0 Å². The Morgan fingerprint density at radius 3 is 2.23 bits per heavy atom. The van der Waals surface area contributed by atoms with Crippen molar-refractivity contribution < 1.29 is 9.59 Å². The molecular formula is C20H26ClN3O2. The van der Waals surface area contributed by atoms with E-state index in [0.717, 1.165) is 5.69 Å². The molecule has 0 spiro atoms. The molecule has 0 unspecified atom stereocenters. The van der Waals surface area contributed by atoms with Crippen LogP contribution in [0.15, 0.2) is 54.6 Å². The quantitative estimate of drug-likeness (QED) is 0.855. The molecule has 0 saturated carbocycles. The minimum Gasteiger partial charge on any atom is -0.325 e. The molecule has 2 amide bonds. The second kappa shape index (κ2) is 8.83. The summed E-state index contributed by atoms with van der Waals surface area (Å²) in [4.78, 5) is 26.5. The molecule has 0 bridgehead atoms. The molecule has 2 rings (SSSR count). The van der Waals surface area contributed by atoms with Crippen LogP contribution < -0.4 is 16.0 Å². The number of hydrogen-bond acceptors (Lipinski definition) is 3. The number of anilines is 2. The molecule has 0 aromatic heterocycles. The lowest BCUT2D eigenvalue weighted by Gasteiger charge is -2.26. The van der Waals surface area contributed by atoms with Crippen LogP contribution in [0.25, 0.3) is 0 Å². The Labute approximate surface area is 161 Å². The predicted octanol–water partition coefficient (Wildman–Crippen LogP) is 3.70. The molecule has 1 atom stereocenters. The van der Waals surface area contributed by atoms with Crippen molar-refractivity contribution in [1.82, 2.24) is 0 Å². The largest absolute Gasteiger partial charge is 0.325 e. The molecule has 140 valence electrons. The van der Waals surface area contributed by atoms with E-state index in [9.17, 15) is 9.59 Å². The molecule has 0 heterocycles. The summed E-state index contributed by atoms with van der Waals surface area (Å²) in [5.74, 6) is -0.420. The van der Waals surface area contributed by atoms with Crippen LogP contribution in [0.3, 0.4) is 0 Å². The third-order valence-corrected chi connectivity index (χ3v) is 4.04. The van der Waals surface area contributed by atoms with Crippen LogP contribution in [-0.4, -0.2) is 24.9 Å². The number of benzene rings is 2. The molecule has 0 radical (unpaired) electrons.